The average molecular weight is 368 g/mol. The Morgan fingerprint density at radius 1 is 1.30 bits per heavy atom. The number of rotatable bonds is 7. The summed E-state index contributed by atoms with van der Waals surface area (Å²) >= 11 is 0. The summed E-state index contributed by atoms with van der Waals surface area (Å²) in [7, 11) is 5.60. The molecular weight excluding hydrogens is 348 g/mol. The molecule has 4 heterocycles. The Kier molecular flexibility index (Phi) is 4.47. The number of methoxy groups -OCH3 is 1. The van der Waals surface area contributed by atoms with Gasteiger partial charge in [-0.15, -0.1) is 0 Å². The van der Waals surface area contributed by atoms with E-state index in [1.165, 1.54) is 0 Å². The summed E-state index contributed by atoms with van der Waals surface area (Å²) in [5.41, 5.74) is 2.22. The van der Waals surface area contributed by atoms with E-state index in [2.05, 4.69) is 30.6 Å². The van der Waals surface area contributed by atoms with E-state index in [1.807, 2.05) is 29.7 Å². The van der Waals surface area contributed by atoms with Crippen LogP contribution in [0.4, 0.5) is 17.3 Å². The van der Waals surface area contributed by atoms with E-state index in [9.17, 15) is 0 Å². The minimum absolute atomic E-state index is 0.481. The van der Waals surface area contributed by atoms with Crippen LogP contribution >= 0.6 is 0 Å². The van der Waals surface area contributed by atoms with E-state index >= 15 is 0 Å². The Bertz CT molecular complexity index is 1030. The topological polar surface area (TPSA) is 110 Å². The summed E-state index contributed by atoms with van der Waals surface area (Å²) in [6, 6.07) is 3.62. The Labute approximate surface area is 155 Å². The van der Waals surface area contributed by atoms with Crippen LogP contribution in [0.2, 0.25) is 0 Å². The van der Waals surface area contributed by atoms with E-state index in [4.69, 9.17) is 9.15 Å². The highest BCUT2D eigenvalue weighted by atomic mass is 16.5. The smallest absolute Gasteiger partial charge is 0.198 e. The van der Waals surface area contributed by atoms with Crippen LogP contribution in [0.3, 0.4) is 0 Å². The highest BCUT2D eigenvalue weighted by Crippen LogP contribution is 2.30. The van der Waals surface area contributed by atoms with Crippen LogP contribution in [0.25, 0.3) is 22.6 Å². The third-order valence-electron chi connectivity index (χ3n) is 4.04. The lowest BCUT2D eigenvalue weighted by Crippen LogP contribution is -2.18. The fraction of sp³-hybridized carbons (Fsp3) is 0.294. The van der Waals surface area contributed by atoms with Crippen LogP contribution in [0.5, 0.6) is 0 Å². The Hall–Kier alpha value is -3.40. The predicted octanol–water partition coefficient (Wildman–Crippen LogP) is 2.27. The second kappa shape index (κ2) is 7.08. The van der Waals surface area contributed by atoms with Gasteiger partial charge in [-0.25, -0.2) is 14.6 Å². The molecule has 140 valence electrons. The maximum atomic E-state index is 5.44. The monoisotopic (exact) mass is 368 g/mol. The lowest BCUT2D eigenvalue weighted by Gasteiger charge is -2.17. The number of nitrogens with one attached hydrogen (secondary N) is 2. The van der Waals surface area contributed by atoms with E-state index in [-0.39, 0.29) is 0 Å². The first-order chi connectivity index (χ1) is 13.2. The third kappa shape index (κ3) is 3.22. The number of hydrogen-bond donors (Lipinski definition) is 2. The molecule has 0 aliphatic heterocycles. The highest BCUT2D eigenvalue weighted by Gasteiger charge is 2.17. The number of hydrogen-bond acceptors (Lipinski definition) is 8. The van der Waals surface area contributed by atoms with Gasteiger partial charge in [0, 0.05) is 21.2 Å². The van der Waals surface area contributed by atoms with E-state index in [1.54, 1.807) is 31.8 Å². The maximum Gasteiger partial charge on any atom is 0.198 e. The molecule has 4 aromatic heterocycles. The molecule has 10 heteroatoms. The van der Waals surface area contributed by atoms with E-state index in [0.29, 0.717) is 41.6 Å². The summed E-state index contributed by atoms with van der Waals surface area (Å²) in [5.74, 6) is 2.58. The quantitative estimate of drug-likeness (QED) is 0.511. The third-order valence-corrected chi connectivity index (χ3v) is 4.04. The molecule has 0 atom stereocenters. The van der Waals surface area contributed by atoms with Crippen LogP contribution in [-0.2, 0) is 11.3 Å². The highest BCUT2D eigenvalue weighted by molar-refractivity contribution is 5.89. The van der Waals surface area contributed by atoms with Crippen molar-refractivity contribution in [2.45, 2.75) is 6.54 Å². The van der Waals surface area contributed by atoms with Crippen molar-refractivity contribution in [3.05, 3.63) is 30.8 Å². The van der Waals surface area contributed by atoms with Gasteiger partial charge in [0.05, 0.1) is 31.8 Å². The van der Waals surface area contributed by atoms with Gasteiger partial charge < -0.3 is 19.4 Å². The summed E-state index contributed by atoms with van der Waals surface area (Å²) in [4.78, 5) is 11.1. The lowest BCUT2D eigenvalue weighted by molar-refractivity contribution is 0.184. The lowest BCUT2D eigenvalue weighted by atomic mass is 10.3. The zero-order valence-corrected chi connectivity index (χ0v) is 15.3. The second-order valence-electron chi connectivity index (χ2n) is 6.12. The van der Waals surface area contributed by atoms with Crippen molar-refractivity contribution in [2.75, 3.05) is 38.0 Å². The van der Waals surface area contributed by atoms with Gasteiger partial charge in [0.25, 0.3) is 0 Å². The van der Waals surface area contributed by atoms with Crippen molar-refractivity contribution >= 4 is 28.4 Å². The Morgan fingerprint density at radius 2 is 2.19 bits per heavy atom. The van der Waals surface area contributed by atoms with Gasteiger partial charge >= 0.3 is 0 Å². The Balaban J connectivity index is 1.75. The molecule has 4 rings (SSSR count). The normalized spacial score (nSPS) is 11.2. The number of nitrogens with zero attached hydrogens (tertiary/aromatic N) is 6. The van der Waals surface area contributed by atoms with Gasteiger partial charge in [-0.05, 0) is 12.1 Å². The first-order valence-electron chi connectivity index (χ1n) is 8.41. The molecule has 0 aromatic carbocycles. The van der Waals surface area contributed by atoms with Crippen molar-refractivity contribution in [3.63, 3.8) is 0 Å². The zero-order chi connectivity index (χ0) is 18.8. The number of fused-ring (bicyclic) bond motifs is 1. The molecule has 10 nitrogen and oxygen atoms in total. The van der Waals surface area contributed by atoms with Gasteiger partial charge in [-0.3, -0.25) is 5.10 Å². The molecule has 0 spiro atoms. The largest absolute Gasteiger partial charge is 0.461 e. The van der Waals surface area contributed by atoms with Crippen LogP contribution < -0.4 is 10.2 Å². The fourth-order valence-electron chi connectivity index (χ4n) is 2.85. The molecule has 0 fully saturated rings. The fourth-order valence-corrected chi connectivity index (χ4v) is 2.85. The van der Waals surface area contributed by atoms with E-state index < -0.39 is 0 Å². The zero-order valence-electron chi connectivity index (χ0n) is 15.3. The summed E-state index contributed by atoms with van der Waals surface area (Å²) in [6.45, 7) is 1.22. The molecule has 0 aliphatic carbocycles. The minimum atomic E-state index is 0.481. The average Bonchev–Trinajstić information content (AvgIpc) is 3.39. The first-order valence-corrected chi connectivity index (χ1v) is 8.41. The SMILES string of the molecule is COCCn1ncc(Nc2nc(-c3ccco3)nc3cn[nH]c23)c1N(C)C. The van der Waals surface area contributed by atoms with Crippen LogP contribution in [0.15, 0.2) is 35.2 Å². The minimum Gasteiger partial charge on any atom is -0.461 e. The van der Waals surface area contributed by atoms with Crippen molar-refractivity contribution < 1.29 is 9.15 Å². The van der Waals surface area contributed by atoms with Crippen LogP contribution in [0, 0.1) is 0 Å². The summed E-state index contributed by atoms with van der Waals surface area (Å²) in [6.07, 6.45) is 5.01. The summed E-state index contributed by atoms with van der Waals surface area (Å²) in [5, 5.41) is 14.8. The first kappa shape index (κ1) is 17.0. The summed E-state index contributed by atoms with van der Waals surface area (Å²) < 4.78 is 12.5. The molecule has 0 bridgehead atoms. The molecule has 0 aliphatic rings. The number of ether oxygens (including phenoxy) is 1. The molecule has 0 radical (unpaired) electrons. The molecule has 0 unspecified atom stereocenters. The molecule has 0 saturated heterocycles. The van der Waals surface area contributed by atoms with Crippen molar-refractivity contribution in [3.8, 4) is 11.6 Å². The standard InChI is InChI=1S/C17H20N8O2/c1-24(2)17-12(10-19-25(17)6-8-26-3)21-16-14-11(9-18-23-14)20-15(22-16)13-5-4-7-27-13/h4-5,7,9-10H,6,8H2,1-3H3,(H,18,23)(H,20,21,22). The van der Waals surface area contributed by atoms with Crippen molar-refractivity contribution in [1.82, 2.24) is 29.9 Å². The van der Waals surface area contributed by atoms with Crippen molar-refractivity contribution in [2.24, 2.45) is 0 Å². The van der Waals surface area contributed by atoms with Gasteiger partial charge in [0.1, 0.15) is 16.7 Å². The van der Waals surface area contributed by atoms with Gasteiger partial charge in [-0.1, -0.05) is 0 Å². The number of aromatic nitrogens is 6. The van der Waals surface area contributed by atoms with Gasteiger partial charge in [0.15, 0.2) is 23.2 Å². The number of aromatic amines is 1. The van der Waals surface area contributed by atoms with Crippen LogP contribution in [0.1, 0.15) is 0 Å². The molecule has 2 N–H and O–H groups in total. The predicted molar refractivity (Wildman–Crippen MR) is 101 cm³/mol. The van der Waals surface area contributed by atoms with Crippen molar-refractivity contribution in [1.29, 1.82) is 0 Å². The maximum absolute atomic E-state index is 5.44. The molecular formula is C17H20N8O2. The molecule has 4 aromatic rings. The number of H-pyrrole nitrogens is 1. The number of anilines is 3. The molecule has 0 amide bonds. The van der Waals surface area contributed by atoms with Gasteiger partial charge in [0.2, 0.25) is 0 Å². The number of furan rings is 1. The second-order valence-corrected chi connectivity index (χ2v) is 6.12. The molecule has 0 saturated carbocycles. The Morgan fingerprint density at radius 3 is 2.93 bits per heavy atom. The van der Waals surface area contributed by atoms with Crippen LogP contribution in [-0.4, -0.2) is 57.8 Å². The van der Waals surface area contributed by atoms with E-state index in [0.717, 1.165) is 11.5 Å². The molecule has 27 heavy (non-hydrogen) atoms. The van der Waals surface area contributed by atoms with Gasteiger partial charge in [-0.2, -0.15) is 10.2 Å².